The molecule has 0 radical (unpaired) electrons. The van der Waals surface area contributed by atoms with E-state index in [2.05, 4.69) is 15.9 Å². The van der Waals surface area contributed by atoms with Gasteiger partial charge >= 0.3 is 0 Å². The van der Waals surface area contributed by atoms with Crippen molar-refractivity contribution in [2.24, 2.45) is 0 Å². The molecule has 1 aliphatic rings. The minimum atomic E-state index is -0.208. The normalized spacial score (nSPS) is 13.1. The predicted octanol–water partition coefficient (Wildman–Crippen LogP) is 4.76. The molecule has 0 amide bonds. The number of hydrogen-bond donors (Lipinski definition) is 0. The highest BCUT2D eigenvalue weighted by atomic mass is 79.9. The Morgan fingerprint density at radius 2 is 1.67 bits per heavy atom. The molecule has 0 bridgehead atoms. The molecule has 21 heavy (non-hydrogen) atoms. The standard InChI is InChI=1S/C15H9BrCl2O3/c16-11-5-8(17)1-2-9(11)15(19)10-6-13-14(7-12(10)18)21-4-3-20-13/h1-2,5-7H,3-4H2. The first kappa shape index (κ1) is 14.7. The number of benzene rings is 2. The maximum absolute atomic E-state index is 12.6. The summed E-state index contributed by atoms with van der Waals surface area (Å²) in [4.78, 5) is 12.6. The van der Waals surface area contributed by atoms with E-state index in [1.807, 2.05) is 0 Å². The third-order valence-corrected chi connectivity index (χ3v) is 4.26. The predicted molar refractivity (Wildman–Crippen MR) is 85.0 cm³/mol. The van der Waals surface area contributed by atoms with Crippen LogP contribution in [0.1, 0.15) is 15.9 Å². The molecule has 3 nitrogen and oxygen atoms in total. The summed E-state index contributed by atoms with van der Waals surface area (Å²) in [7, 11) is 0. The fourth-order valence-corrected chi connectivity index (χ4v) is 3.16. The number of ether oxygens (including phenoxy) is 2. The topological polar surface area (TPSA) is 35.5 Å². The average molecular weight is 388 g/mol. The van der Waals surface area contributed by atoms with Gasteiger partial charge in [-0.3, -0.25) is 4.79 Å². The SMILES string of the molecule is O=C(c1cc2c(cc1Cl)OCCO2)c1ccc(Cl)cc1Br. The number of carbonyl (C=O) groups is 1. The van der Waals surface area contributed by atoms with Gasteiger partial charge in [-0.1, -0.05) is 23.2 Å². The molecule has 1 aliphatic heterocycles. The third-order valence-electron chi connectivity index (χ3n) is 3.05. The number of fused-ring (bicyclic) bond motifs is 1. The van der Waals surface area contributed by atoms with Gasteiger partial charge in [-0.2, -0.15) is 0 Å². The van der Waals surface area contributed by atoms with Crippen molar-refractivity contribution in [3.05, 3.63) is 56.0 Å². The first-order chi connectivity index (χ1) is 10.1. The largest absolute Gasteiger partial charge is 0.486 e. The molecule has 6 heteroatoms. The Morgan fingerprint density at radius 1 is 1.00 bits per heavy atom. The van der Waals surface area contributed by atoms with Crippen LogP contribution in [0, 0.1) is 0 Å². The van der Waals surface area contributed by atoms with Crippen molar-refractivity contribution in [3.8, 4) is 11.5 Å². The molecule has 2 aromatic rings. The smallest absolute Gasteiger partial charge is 0.195 e. The molecule has 3 rings (SSSR count). The van der Waals surface area contributed by atoms with E-state index in [0.29, 0.717) is 50.4 Å². The molecular formula is C15H9BrCl2O3. The highest BCUT2D eigenvalue weighted by Gasteiger charge is 2.21. The van der Waals surface area contributed by atoms with E-state index < -0.39 is 0 Å². The maximum Gasteiger partial charge on any atom is 0.195 e. The van der Waals surface area contributed by atoms with Gasteiger partial charge in [0.05, 0.1) is 5.02 Å². The summed E-state index contributed by atoms with van der Waals surface area (Å²) in [5.74, 6) is 0.873. The highest BCUT2D eigenvalue weighted by molar-refractivity contribution is 9.10. The van der Waals surface area contributed by atoms with Gasteiger partial charge < -0.3 is 9.47 Å². The van der Waals surface area contributed by atoms with Crippen LogP contribution in [0.15, 0.2) is 34.8 Å². The third kappa shape index (κ3) is 2.89. The van der Waals surface area contributed by atoms with Gasteiger partial charge in [-0.25, -0.2) is 0 Å². The van der Waals surface area contributed by atoms with E-state index in [1.54, 1.807) is 30.3 Å². The number of rotatable bonds is 2. The summed E-state index contributed by atoms with van der Waals surface area (Å²) < 4.78 is 11.5. The monoisotopic (exact) mass is 386 g/mol. The van der Waals surface area contributed by atoms with Gasteiger partial charge in [0.25, 0.3) is 0 Å². The minimum Gasteiger partial charge on any atom is -0.486 e. The lowest BCUT2D eigenvalue weighted by molar-refractivity contribution is 0.103. The van der Waals surface area contributed by atoms with Crippen molar-refractivity contribution in [2.45, 2.75) is 0 Å². The fraction of sp³-hybridized carbons (Fsp3) is 0.133. The quantitative estimate of drug-likeness (QED) is 0.697. The zero-order chi connectivity index (χ0) is 15.0. The first-order valence-corrected chi connectivity index (χ1v) is 7.70. The second kappa shape index (κ2) is 5.87. The van der Waals surface area contributed by atoms with E-state index >= 15 is 0 Å². The van der Waals surface area contributed by atoms with Crippen molar-refractivity contribution in [1.82, 2.24) is 0 Å². The van der Waals surface area contributed by atoms with E-state index in [-0.39, 0.29) is 5.78 Å². The average Bonchev–Trinajstić information content (AvgIpc) is 2.46. The molecule has 0 saturated carbocycles. The maximum atomic E-state index is 12.6. The molecule has 0 saturated heterocycles. The lowest BCUT2D eigenvalue weighted by Crippen LogP contribution is -2.16. The van der Waals surface area contributed by atoms with Crippen LogP contribution in [0.25, 0.3) is 0 Å². The number of ketones is 1. The van der Waals surface area contributed by atoms with Gasteiger partial charge in [0.1, 0.15) is 13.2 Å². The van der Waals surface area contributed by atoms with Crippen LogP contribution in [0.3, 0.4) is 0 Å². The second-order valence-corrected chi connectivity index (χ2v) is 6.13. The van der Waals surface area contributed by atoms with Crippen LogP contribution >= 0.6 is 39.1 Å². The van der Waals surface area contributed by atoms with Crippen LogP contribution in [-0.4, -0.2) is 19.0 Å². The van der Waals surface area contributed by atoms with Gasteiger partial charge in [0.15, 0.2) is 17.3 Å². The Bertz CT molecular complexity index is 731. The number of hydrogen-bond acceptors (Lipinski definition) is 3. The summed E-state index contributed by atoms with van der Waals surface area (Å²) in [6.45, 7) is 0.923. The van der Waals surface area contributed by atoms with Crippen molar-refractivity contribution in [1.29, 1.82) is 0 Å². The summed E-state index contributed by atoms with van der Waals surface area (Å²) in [6, 6.07) is 8.20. The number of carbonyl (C=O) groups excluding carboxylic acids is 1. The van der Waals surface area contributed by atoms with Crippen molar-refractivity contribution >= 4 is 44.9 Å². The van der Waals surface area contributed by atoms with Crippen LogP contribution in [0.5, 0.6) is 11.5 Å². The second-order valence-electron chi connectivity index (χ2n) is 4.43. The molecular weight excluding hydrogens is 379 g/mol. The molecule has 108 valence electrons. The Labute approximate surface area is 139 Å². The summed E-state index contributed by atoms with van der Waals surface area (Å²) >= 11 is 15.4. The van der Waals surface area contributed by atoms with E-state index in [4.69, 9.17) is 32.7 Å². The summed E-state index contributed by atoms with van der Waals surface area (Å²) in [5, 5.41) is 0.873. The number of halogens is 3. The Morgan fingerprint density at radius 3 is 2.33 bits per heavy atom. The van der Waals surface area contributed by atoms with Gasteiger partial charge in [0.2, 0.25) is 0 Å². The van der Waals surface area contributed by atoms with Gasteiger partial charge in [0, 0.05) is 26.7 Å². The molecule has 0 aromatic heterocycles. The Balaban J connectivity index is 2.05. The molecule has 0 aliphatic carbocycles. The lowest BCUT2D eigenvalue weighted by atomic mass is 10.0. The summed E-state index contributed by atoms with van der Waals surface area (Å²) in [6.07, 6.45) is 0. The molecule has 0 spiro atoms. The van der Waals surface area contributed by atoms with Crippen LogP contribution in [0.2, 0.25) is 10.0 Å². The van der Waals surface area contributed by atoms with Crippen LogP contribution < -0.4 is 9.47 Å². The van der Waals surface area contributed by atoms with E-state index in [0.717, 1.165) is 0 Å². The van der Waals surface area contributed by atoms with E-state index in [9.17, 15) is 4.79 Å². The van der Waals surface area contributed by atoms with Crippen molar-refractivity contribution < 1.29 is 14.3 Å². The highest BCUT2D eigenvalue weighted by Crippen LogP contribution is 2.37. The van der Waals surface area contributed by atoms with Gasteiger partial charge in [-0.05, 0) is 40.2 Å². The Hall–Kier alpha value is -1.23. The van der Waals surface area contributed by atoms with Crippen LogP contribution in [-0.2, 0) is 0 Å². The lowest BCUT2D eigenvalue weighted by Gasteiger charge is -2.19. The van der Waals surface area contributed by atoms with Crippen molar-refractivity contribution in [2.75, 3.05) is 13.2 Å². The molecule has 0 N–H and O–H groups in total. The van der Waals surface area contributed by atoms with Crippen LogP contribution in [0.4, 0.5) is 0 Å². The molecule has 0 fully saturated rings. The first-order valence-electron chi connectivity index (χ1n) is 6.15. The summed E-state index contributed by atoms with van der Waals surface area (Å²) in [5.41, 5.74) is 0.849. The van der Waals surface area contributed by atoms with Gasteiger partial charge in [-0.15, -0.1) is 0 Å². The molecule has 1 heterocycles. The molecule has 0 unspecified atom stereocenters. The minimum absolute atomic E-state index is 0.208. The molecule has 0 atom stereocenters. The Kier molecular flexibility index (Phi) is 4.11. The zero-order valence-corrected chi connectivity index (χ0v) is 13.8. The fourth-order valence-electron chi connectivity index (χ4n) is 2.06. The van der Waals surface area contributed by atoms with E-state index in [1.165, 1.54) is 0 Å². The molecule has 2 aromatic carbocycles. The van der Waals surface area contributed by atoms with Crippen molar-refractivity contribution in [3.63, 3.8) is 0 Å². The zero-order valence-electron chi connectivity index (χ0n) is 10.7.